The number of carbonyl (C=O) groups excluding carboxylic acids is 1. The summed E-state index contributed by atoms with van der Waals surface area (Å²) in [5.74, 6) is 1.19. The summed E-state index contributed by atoms with van der Waals surface area (Å²) in [5.41, 5.74) is 0.720. The van der Waals surface area contributed by atoms with E-state index >= 15 is 0 Å². The number of anilines is 1. The van der Waals surface area contributed by atoms with Crippen molar-refractivity contribution in [2.24, 2.45) is 0 Å². The third kappa shape index (κ3) is 4.79. The van der Waals surface area contributed by atoms with Crippen LogP contribution in [0.3, 0.4) is 0 Å². The molecule has 1 N–H and O–H groups in total. The van der Waals surface area contributed by atoms with Crippen LogP contribution in [0.1, 0.15) is 6.92 Å². The van der Waals surface area contributed by atoms with Crippen molar-refractivity contribution in [3.8, 4) is 11.5 Å². The molecule has 21 heavy (non-hydrogen) atoms. The van der Waals surface area contributed by atoms with E-state index in [2.05, 4.69) is 21.2 Å². The lowest BCUT2D eigenvalue weighted by molar-refractivity contribution is -0.118. The van der Waals surface area contributed by atoms with Crippen LogP contribution in [0.5, 0.6) is 11.5 Å². The Kier molecular flexibility index (Phi) is 5.63. The van der Waals surface area contributed by atoms with Gasteiger partial charge in [0.25, 0.3) is 5.91 Å². The van der Waals surface area contributed by atoms with Crippen molar-refractivity contribution < 1.29 is 14.3 Å². The van der Waals surface area contributed by atoms with E-state index in [1.807, 2.05) is 43.3 Å². The van der Waals surface area contributed by atoms with E-state index in [0.717, 1.165) is 15.9 Å². The molecule has 0 atom stereocenters. The number of hydrogen-bond acceptors (Lipinski definition) is 3. The van der Waals surface area contributed by atoms with Crippen molar-refractivity contribution in [3.63, 3.8) is 0 Å². The summed E-state index contributed by atoms with van der Waals surface area (Å²) < 4.78 is 11.6. The van der Waals surface area contributed by atoms with Gasteiger partial charge >= 0.3 is 0 Å². The molecule has 0 saturated carbocycles. The van der Waals surface area contributed by atoms with E-state index in [-0.39, 0.29) is 12.5 Å². The number of benzene rings is 2. The first-order valence-corrected chi connectivity index (χ1v) is 7.38. The van der Waals surface area contributed by atoms with Gasteiger partial charge in [-0.15, -0.1) is 0 Å². The standard InChI is InChI=1S/C16H16BrNO3/c1-2-20-12-7-9-13(10-8-12)21-11-16(19)18-15-6-4-3-5-14(15)17/h3-10H,2,11H2,1H3,(H,18,19). The van der Waals surface area contributed by atoms with Crippen LogP contribution in [-0.4, -0.2) is 19.1 Å². The highest BCUT2D eigenvalue weighted by molar-refractivity contribution is 9.10. The lowest BCUT2D eigenvalue weighted by Crippen LogP contribution is -2.20. The maximum atomic E-state index is 11.8. The molecule has 0 radical (unpaired) electrons. The topological polar surface area (TPSA) is 47.6 Å². The molecule has 0 heterocycles. The predicted octanol–water partition coefficient (Wildman–Crippen LogP) is 3.87. The third-order valence-corrected chi connectivity index (χ3v) is 3.34. The predicted molar refractivity (Wildman–Crippen MR) is 85.9 cm³/mol. The fourth-order valence-electron chi connectivity index (χ4n) is 1.70. The first-order chi connectivity index (χ1) is 10.2. The molecule has 110 valence electrons. The number of halogens is 1. The molecule has 2 aromatic rings. The fourth-order valence-corrected chi connectivity index (χ4v) is 2.08. The van der Waals surface area contributed by atoms with Gasteiger partial charge in [0, 0.05) is 4.47 Å². The molecule has 2 rings (SSSR count). The number of rotatable bonds is 6. The average molecular weight is 350 g/mol. The Morgan fingerprint density at radius 3 is 2.29 bits per heavy atom. The van der Waals surface area contributed by atoms with E-state index < -0.39 is 0 Å². The summed E-state index contributed by atoms with van der Waals surface area (Å²) >= 11 is 3.37. The van der Waals surface area contributed by atoms with Gasteiger partial charge in [0.15, 0.2) is 6.61 Å². The molecule has 0 aromatic heterocycles. The van der Waals surface area contributed by atoms with E-state index in [0.29, 0.717) is 12.4 Å². The highest BCUT2D eigenvalue weighted by Gasteiger charge is 2.06. The van der Waals surface area contributed by atoms with Crippen LogP contribution in [0.25, 0.3) is 0 Å². The number of hydrogen-bond donors (Lipinski definition) is 1. The Morgan fingerprint density at radius 2 is 1.67 bits per heavy atom. The van der Waals surface area contributed by atoms with Gasteiger partial charge < -0.3 is 14.8 Å². The molecule has 0 aliphatic heterocycles. The van der Waals surface area contributed by atoms with Crippen LogP contribution >= 0.6 is 15.9 Å². The summed E-state index contributed by atoms with van der Waals surface area (Å²) in [5, 5.41) is 2.78. The Labute approximate surface area is 132 Å². The molecule has 0 bridgehead atoms. The monoisotopic (exact) mass is 349 g/mol. The highest BCUT2D eigenvalue weighted by Crippen LogP contribution is 2.21. The summed E-state index contributed by atoms with van der Waals surface area (Å²) in [4.78, 5) is 11.8. The van der Waals surface area contributed by atoms with E-state index in [1.165, 1.54) is 0 Å². The van der Waals surface area contributed by atoms with Crippen molar-refractivity contribution in [3.05, 3.63) is 53.0 Å². The normalized spacial score (nSPS) is 10.0. The minimum atomic E-state index is -0.212. The van der Waals surface area contributed by atoms with Crippen molar-refractivity contribution in [1.82, 2.24) is 0 Å². The van der Waals surface area contributed by atoms with Crippen LogP contribution in [0, 0.1) is 0 Å². The van der Waals surface area contributed by atoms with Crippen molar-refractivity contribution in [1.29, 1.82) is 0 Å². The maximum Gasteiger partial charge on any atom is 0.262 e. The minimum Gasteiger partial charge on any atom is -0.494 e. The van der Waals surface area contributed by atoms with E-state index in [4.69, 9.17) is 9.47 Å². The highest BCUT2D eigenvalue weighted by atomic mass is 79.9. The van der Waals surface area contributed by atoms with Crippen LogP contribution in [0.2, 0.25) is 0 Å². The van der Waals surface area contributed by atoms with Gasteiger partial charge in [-0.05, 0) is 59.3 Å². The Balaban J connectivity index is 1.85. The fraction of sp³-hybridized carbons (Fsp3) is 0.188. The summed E-state index contributed by atoms with van der Waals surface area (Å²) in [6.45, 7) is 2.50. The molecule has 0 unspecified atom stereocenters. The van der Waals surface area contributed by atoms with Crippen molar-refractivity contribution in [2.75, 3.05) is 18.5 Å². The lowest BCUT2D eigenvalue weighted by atomic mass is 10.3. The van der Waals surface area contributed by atoms with Crippen LogP contribution in [0.4, 0.5) is 5.69 Å². The van der Waals surface area contributed by atoms with Gasteiger partial charge in [0.1, 0.15) is 11.5 Å². The molecule has 0 aliphatic carbocycles. The molecule has 0 saturated heterocycles. The Bertz CT molecular complexity index is 599. The maximum absolute atomic E-state index is 11.8. The first-order valence-electron chi connectivity index (χ1n) is 6.59. The van der Waals surface area contributed by atoms with Crippen LogP contribution in [0.15, 0.2) is 53.0 Å². The van der Waals surface area contributed by atoms with Gasteiger partial charge in [-0.1, -0.05) is 12.1 Å². The molecular weight excluding hydrogens is 334 g/mol. The van der Waals surface area contributed by atoms with Crippen LogP contribution < -0.4 is 14.8 Å². The number of para-hydroxylation sites is 1. The summed E-state index contributed by atoms with van der Waals surface area (Å²) in [6.07, 6.45) is 0. The molecule has 0 fully saturated rings. The van der Waals surface area contributed by atoms with E-state index in [1.54, 1.807) is 12.1 Å². The first kappa shape index (κ1) is 15.4. The SMILES string of the molecule is CCOc1ccc(OCC(=O)Nc2ccccc2Br)cc1. The minimum absolute atomic E-state index is 0.0463. The van der Waals surface area contributed by atoms with Gasteiger partial charge in [-0.2, -0.15) is 0 Å². The zero-order valence-corrected chi connectivity index (χ0v) is 13.2. The molecule has 4 nitrogen and oxygen atoms in total. The molecule has 0 aliphatic rings. The van der Waals surface area contributed by atoms with Crippen molar-refractivity contribution >= 4 is 27.5 Å². The lowest BCUT2D eigenvalue weighted by Gasteiger charge is -2.09. The quantitative estimate of drug-likeness (QED) is 0.861. The largest absolute Gasteiger partial charge is 0.494 e. The second-order valence-electron chi connectivity index (χ2n) is 4.22. The van der Waals surface area contributed by atoms with Gasteiger partial charge in [0.2, 0.25) is 0 Å². The number of amides is 1. The number of carbonyl (C=O) groups is 1. The smallest absolute Gasteiger partial charge is 0.262 e. The zero-order valence-electron chi connectivity index (χ0n) is 11.6. The molecular formula is C16H16BrNO3. The number of ether oxygens (including phenoxy) is 2. The summed E-state index contributed by atoms with van der Waals surface area (Å²) in [6, 6.07) is 14.6. The average Bonchev–Trinajstić information content (AvgIpc) is 2.49. The molecule has 5 heteroatoms. The molecule has 2 aromatic carbocycles. The Morgan fingerprint density at radius 1 is 1.05 bits per heavy atom. The zero-order chi connectivity index (χ0) is 15.1. The van der Waals surface area contributed by atoms with Crippen molar-refractivity contribution in [2.45, 2.75) is 6.92 Å². The third-order valence-electron chi connectivity index (χ3n) is 2.65. The Hall–Kier alpha value is -2.01. The van der Waals surface area contributed by atoms with Gasteiger partial charge in [-0.25, -0.2) is 0 Å². The molecule has 0 spiro atoms. The van der Waals surface area contributed by atoms with E-state index in [9.17, 15) is 4.79 Å². The molecule has 1 amide bonds. The van der Waals surface area contributed by atoms with Crippen LogP contribution in [-0.2, 0) is 4.79 Å². The second-order valence-corrected chi connectivity index (χ2v) is 5.08. The second kappa shape index (κ2) is 7.69. The van der Waals surface area contributed by atoms with Gasteiger partial charge in [0.05, 0.1) is 12.3 Å². The number of nitrogens with one attached hydrogen (secondary N) is 1. The van der Waals surface area contributed by atoms with Gasteiger partial charge in [-0.3, -0.25) is 4.79 Å². The summed E-state index contributed by atoms with van der Waals surface area (Å²) in [7, 11) is 0.